The highest BCUT2D eigenvalue weighted by atomic mass is 16.5. The zero-order valence-corrected chi connectivity index (χ0v) is 14.1. The fourth-order valence-corrected chi connectivity index (χ4v) is 2.17. The van der Waals surface area contributed by atoms with Crippen molar-refractivity contribution in [1.82, 2.24) is 10.3 Å². The van der Waals surface area contributed by atoms with Crippen molar-refractivity contribution < 1.29 is 24.2 Å². The molecule has 0 aliphatic carbocycles. The molecule has 2 rings (SSSR count). The summed E-state index contributed by atoms with van der Waals surface area (Å²) >= 11 is 0. The number of carbonyl (C=O) groups is 2. The van der Waals surface area contributed by atoms with E-state index in [2.05, 4.69) is 10.3 Å². The van der Waals surface area contributed by atoms with Crippen LogP contribution in [0.5, 0.6) is 11.5 Å². The number of hydrogen-bond donors (Lipinski definition) is 2. The van der Waals surface area contributed by atoms with Crippen LogP contribution >= 0.6 is 0 Å². The van der Waals surface area contributed by atoms with Crippen molar-refractivity contribution >= 4 is 11.9 Å². The van der Waals surface area contributed by atoms with Crippen molar-refractivity contribution in [3.63, 3.8) is 0 Å². The summed E-state index contributed by atoms with van der Waals surface area (Å²) < 4.78 is 10.6. The summed E-state index contributed by atoms with van der Waals surface area (Å²) in [5.74, 6) is -0.761. The Morgan fingerprint density at radius 2 is 2.04 bits per heavy atom. The van der Waals surface area contributed by atoms with Gasteiger partial charge >= 0.3 is 5.97 Å². The van der Waals surface area contributed by atoms with Crippen LogP contribution in [0.1, 0.15) is 35.8 Å². The Morgan fingerprint density at radius 3 is 2.68 bits per heavy atom. The van der Waals surface area contributed by atoms with Crippen molar-refractivity contribution in [3.8, 4) is 11.5 Å². The van der Waals surface area contributed by atoms with E-state index >= 15 is 0 Å². The van der Waals surface area contributed by atoms with Crippen molar-refractivity contribution in [3.05, 3.63) is 53.9 Å². The largest absolute Gasteiger partial charge is 0.490 e. The molecule has 2 aromatic rings. The molecule has 0 radical (unpaired) electrons. The maximum absolute atomic E-state index is 12.4. The normalized spacial score (nSPS) is 11.4. The first-order chi connectivity index (χ1) is 12.0. The zero-order chi connectivity index (χ0) is 18.2. The van der Waals surface area contributed by atoms with Gasteiger partial charge < -0.3 is 19.9 Å². The first-order valence-electron chi connectivity index (χ1n) is 7.83. The maximum atomic E-state index is 12.4. The minimum absolute atomic E-state index is 0.209. The Balaban J connectivity index is 2.13. The number of ether oxygens (including phenoxy) is 2. The van der Waals surface area contributed by atoms with Gasteiger partial charge in [-0.1, -0.05) is 6.07 Å². The quantitative estimate of drug-likeness (QED) is 0.763. The van der Waals surface area contributed by atoms with Crippen LogP contribution in [0, 0.1) is 0 Å². The predicted octanol–water partition coefficient (Wildman–Crippen LogP) is 2.43. The van der Waals surface area contributed by atoms with Crippen LogP contribution in [0.3, 0.4) is 0 Å². The molecule has 132 valence electrons. The van der Waals surface area contributed by atoms with Gasteiger partial charge in [0.2, 0.25) is 0 Å². The van der Waals surface area contributed by atoms with Crippen molar-refractivity contribution in [2.45, 2.75) is 19.9 Å². The molecule has 0 saturated carbocycles. The number of aromatic nitrogens is 1. The van der Waals surface area contributed by atoms with Gasteiger partial charge in [0.25, 0.3) is 5.91 Å². The molecule has 1 amide bonds. The number of carbonyl (C=O) groups excluding carboxylic acids is 1. The second-order valence-corrected chi connectivity index (χ2v) is 5.26. The average molecular weight is 344 g/mol. The van der Waals surface area contributed by atoms with Crippen LogP contribution < -0.4 is 14.8 Å². The van der Waals surface area contributed by atoms with Crippen molar-refractivity contribution in [1.29, 1.82) is 0 Å². The molecule has 2 N–H and O–H groups in total. The Hall–Kier alpha value is -3.09. The van der Waals surface area contributed by atoms with E-state index in [0.29, 0.717) is 17.9 Å². The van der Waals surface area contributed by atoms with Crippen LogP contribution in [0.15, 0.2) is 42.7 Å². The molecule has 1 heterocycles. The standard InChI is InChI=1S/C18H20N2O5/c1-3-24-16-9-13(6-7-15(16)25-11-17(21)22)18(23)20-12(2)14-5-4-8-19-10-14/h4-10,12H,3,11H2,1-2H3,(H,20,23)(H,21,22). The third kappa shape index (κ3) is 5.20. The highest BCUT2D eigenvalue weighted by molar-refractivity contribution is 5.95. The highest BCUT2D eigenvalue weighted by Gasteiger charge is 2.15. The molecular formula is C18H20N2O5. The molecule has 25 heavy (non-hydrogen) atoms. The molecule has 0 bridgehead atoms. The van der Waals surface area contributed by atoms with E-state index in [1.54, 1.807) is 31.5 Å². The van der Waals surface area contributed by atoms with E-state index in [1.165, 1.54) is 12.1 Å². The fraction of sp³-hybridized carbons (Fsp3) is 0.278. The minimum atomic E-state index is -1.09. The van der Waals surface area contributed by atoms with Gasteiger partial charge in [0.15, 0.2) is 18.1 Å². The molecule has 0 aliphatic rings. The lowest BCUT2D eigenvalue weighted by atomic mass is 10.1. The number of hydrogen-bond acceptors (Lipinski definition) is 5. The van der Waals surface area contributed by atoms with Gasteiger partial charge in [-0.15, -0.1) is 0 Å². The molecule has 1 aromatic heterocycles. The van der Waals surface area contributed by atoms with Crippen molar-refractivity contribution in [2.75, 3.05) is 13.2 Å². The minimum Gasteiger partial charge on any atom is -0.490 e. The number of rotatable bonds is 8. The van der Waals surface area contributed by atoms with E-state index in [1.807, 2.05) is 13.0 Å². The van der Waals surface area contributed by atoms with E-state index in [9.17, 15) is 9.59 Å². The predicted molar refractivity (Wildman–Crippen MR) is 90.9 cm³/mol. The highest BCUT2D eigenvalue weighted by Crippen LogP contribution is 2.28. The van der Waals surface area contributed by atoms with Gasteiger partial charge in [-0.05, 0) is 43.7 Å². The van der Waals surface area contributed by atoms with Gasteiger partial charge in [0.1, 0.15) is 0 Å². The van der Waals surface area contributed by atoms with Crippen LogP contribution in [0.2, 0.25) is 0 Å². The summed E-state index contributed by atoms with van der Waals surface area (Å²) in [4.78, 5) is 27.1. The zero-order valence-electron chi connectivity index (χ0n) is 14.1. The number of pyridine rings is 1. The van der Waals surface area contributed by atoms with E-state index < -0.39 is 12.6 Å². The average Bonchev–Trinajstić information content (AvgIpc) is 2.61. The SMILES string of the molecule is CCOc1cc(C(=O)NC(C)c2cccnc2)ccc1OCC(=O)O. The molecule has 0 spiro atoms. The molecule has 0 aliphatic heterocycles. The molecule has 0 fully saturated rings. The van der Waals surface area contributed by atoms with Gasteiger partial charge in [-0.2, -0.15) is 0 Å². The van der Waals surface area contributed by atoms with E-state index in [4.69, 9.17) is 14.6 Å². The topological polar surface area (TPSA) is 97.8 Å². The molecule has 7 nitrogen and oxygen atoms in total. The van der Waals surface area contributed by atoms with Crippen LogP contribution in [-0.2, 0) is 4.79 Å². The monoisotopic (exact) mass is 344 g/mol. The molecule has 7 heteroatoms. The fourth-order valence-electron chi connectivity index (χ4n) is 2.17. The summed E-state index contributed by atoms with van der Waals surface area (Å²) in [6.45, 7) is 3.53. The number of nitrogens with one attached hydrogen (secondary N) is 1. The first kappa shape index (κ1) is 18.3. The number of aliphatic carboxylic acids is 1. The molecule has 0 saturated heterocycles. The third-order valence-corrected chi connectivity index (χ3v) is 3.39. The second kappa shape index (κ2) is 8.68. The second-order valence-electron chi connectivity index (χ2n) is 5.26. The number of amides is 1. The van der Waals surface area contributed by atoms with Gasteiger partial charge in [-0.25, -0.2) is 4.79 Å². The number of carboxylic acid groups (broad SMARTS) is 1. The maximum Gasteiger partial charge on any atom is 0.341 e. The van der Waals surface area contributed by atoms with Crippen LogP contribution in [0.4, 0.5) is 0 Å². The molecular weight excluding hydrogens is 324 g/mol. The van der Waals surface area contributed by atoms with E-state index in [0.717, 1.165) is 5.56 Å². The Kier molecular flexibility index (Phi) is 6.33. The van der Waals surface area contributed by atoms with Gasteiger partial charge in [0.05, 0.1) is 12.6 Å². The van der Waals surface area contributed by atoms with Gasteiger partial charge in [0, 0.05) is 18.0 Å². The summed E-state index contributed by atoms with van der Waals surface area (Å²) in [7, 11) is 0. The Labute approximate surface area is 145 Å². The Bertz CT molecular complexity index is 734. The molecule has 1 atom stereocenters. The van der Waals surface area contributed by atoms with E-state index in [-0.39, 0.29) is 17.7 Å². The number of nitrogens with zero attached hydrogens (tertiary/aromatic N) is 1. The lowest BCUT2D eigenvalue weighted by Gasteiger charge is -2.15. The summed E-state index contributed by atoms with van der Waals surface area (Å²) in [5.41, 5.74) is 1.28. The van der Waals surface area contributed by atoms with Crippen LogP contribution in [0.25, 0.3) is 0 Å². The smallest absolute Gasteiger partial charge is 0.341 e. The summed E-state index contributed by atoms with van der Waals surface area (Å²) in [6, 6.07) is 8.10. The lowest BCUT2D eigenvalue weighted by Crippen LogP contribution is -2.26. The Morgan fingerprint density at radius 1 is 1.24 bits per heavy atom. The third-order valence-electron chi connectivity index (χ3n) is 3.39. The lowest BCUT2D eigenvalue weighted by molar-refractivity contribution is -0.139. The van der Waals surface area contributed by atoms with Gasteiger partial charge in [-0.3, -0.25) is 9.78 Å². The summed E-state index contributed by atoms with van der Waals surface area (Å²) in [6.07, 6.45) is 3.36. The number of benzene rings is 1. The summed E-state index contributed by atoms with van der Waals surface area (Å²) in [5, 5.41) is 11.6. The first-order valence-corrected chi connectivity index (χ1v) is 7.83. The van der Waals surface area contributed by atoms with Crippen molar-refractivity contribution in [2.24, 2.45) is 0 Å². The molecule has 1 aromatic carbocycles. The molecule has 1 unspecified atom stereocenters. The van der Waals surface area contributed by atoms with Crippen LogP contribution in [-0.4, -0.2) is 35.2 Å². The number of carboxylic acids is 1.